The number of amides is 2. The van der Waals surface area contributed by atoms with Crippen LogP contribution in [0.1, 0.15) is 26.5 Å². The summed E-state index contributed by atoms with van der Waals surface area (Å²) in [5.41, 5.74) is 4.44. The third kappa shape index (κ3) is 8.60. The van der Waals surface area contributed by atoms with Gasteiger partial charge in [-0.25, -0.2) is 5.43 Å². The molecule has 9 nitrogen and oxygen atoms in total. The van der Waals surface area contributed by atoms with Crippen molar-refractivity contribution in [1.82, 2.24) is 15.6 Å². The summed E-state index contributed by atoms with van der Waals surface area (Å²) in [5, 5.41) is 15.9. The monoisotopic (exact) mass is 627 g/mol. The molecule has 2 N–H and O–H groups in total. The molecule has 0 saturated heterocycles. The number of ether oxygens (including phenoxy) is 2. The molecule has 39 heavy (non-hydrogen) atoms. The van der Waals surface area contributed by atoms with Crippen LogP contribution in [0.15, 0.2) is 76.3 Å². The smallest absolute Gasteiger partial charge is 0.257 e. The van der Waals surface area contributed by atoms with Gasteiger partial charge in [0.15, 0.2) is 0 Å². The zero-order chi connectivity index (χ0) is 27.6. The quantitative estimate of drug-likeness (QED) is 0.126. The average molecular weight is 629 g/mol. The minimum Gasteiger partial charge on any atom is -0.490 e. The fraction of sp³-hybridized carbons (Fsp3) is 0.148. The van der Waals surface area contributed by atoms with Crippen LogP contribution in [0.4, 0.5) is 5.13 Å². The maximum Gasteiger partial charge on any atom is 0.257 e. The molecule has 2 amide bonds. The Morgan fingerprint density at radius 1 is 1.05 bits per heavy atom. The third-order valence-electron chi connectivity index (χ3n) is 5.18. The number of carbonyl (C=O) groups excluding carboxylic acids is 2. The second kappa shape index (κ2) is 13.8. The van der Waals surface area contributed by atoms with Gasteiger partial charge in [-0.3, -0.25) is 14.9 Å². The van der Waals surface area contributed by atoms with Gasteiger partial charge in [0.2, 0.25) is 11.0 Å². The molecule has 12 heteroatoms. The van der Waals surface area contributed by atoms with E-state index in [2.05, 4.69) is 42.0 Å². The SMILES string of the molecule is Cc1ccccc1C(=O)Nc1nnc(CC(=O)N/N=C\c2cc(Cl)ccc2OCCOc2ccc(Br)cc2)s1. The Bertz CT molecular complexity index is 1480. The van der Waals surface area contributed by atoms with Crippen molar-refractivity contribution < 1.29 is 19.1 Å². The molecule has 0 unspecified atom stereocenters. The number of carbonyl (C=O) groups is 2. The van der Waals surface area contributed by atoms with Crippen molar-refractivity contribution in [2.24, 2.45) is 5.10 Å². The van der Waals surface area contributed by atoms with Gasteiger partial charge in [0, 0.05) is 20.6 Å². The van der Waals surface area contributed by atoms with Crippen LogP contribution in [0.3, 0.4) is 0 Å². The molecule has 0 spiro atoms. The van der Waals surface area contributed by atoms with E-state index in [1.54, 1.807) is 30.3 Å². The van der Waals surface area contributed by atoms with Gasteiger partial charge in [0.05, 0.1) is 12.6 Å². The lowest BCUT2D eigenvalue weighted by Gasteiger charge is -2.11. The van der Waals surface area contributed by atoms with E-state index in [0.29, 0.717) is 45.3 Å². The summed E-state index contributed by atoms with van der Waals surface area (Å²) in [6, 6.07) is 19.8. The number of nitrogens with zero attached hydrogens (tertiary/aromatic N) is 3. The Labute approximate surface area is 242 Å². The summed E-state index contributed by atoms with van der Waals surface area (Å²) in [5.74, 6) is 0.587. The third-order valence-corrected chi connectivity index (χ3v) is 6.78. The molecule has 0 bridgehead atoms. The molecule has 0 aliphatic carbocycles. The molecule has 0 fully saturated rings. The molecule has 200 valence electrons. The zero-order valence-electron chi connectivity index (χ0n) is 20.7. The molecular weight excluding hydrogens is 606 g/mol. The summed E-state index contributed by atoms with van der Waals surface area (Å²) >= 11 is 10.6. The average Bonchev–Trinajstić information content (AvgIpc) is 3.35. The van der Waals surface area contributed by atoms with Gasteiger partial charge in [-0.2, -0.15) is 5.10 Å². The molecule has 4 rings (SSSR count). The van der Waals surface area contributed by atoms with Gasteiger partial charge >= 0.3 is 0 Å². The largest absolute Gasteiger partial charge is 0.490 e. The summed E-state index contributed by atoms with van der Waals surface area (Å²) in [4.78, 5) is 24.8. The number of nitrogens with one attached hydrogen (secondary N) is 2. The van der Waals surface area contributed by atoms with Gasteiger partial charge in [-0.15, -0.1) is 10.2 Å². The predicted octanol–water partition coefficient (Wildman–Crippen LogP) is 5.67. The van der Waals surface area contributed by atoms with Crippen LogP contribution in [0, 0.1) is 6.92 Å². The van der Waals surface area contributed by atoms with Crippen molar-refractivity contribution in [2.75, 3.05) is 18.5 Å². The van der Waals surface area contributed by atoms with Crippen LogP contribution in [-0.2, 0) is 11.2 Å². The molecule has 3 aromatic carbocycles. The Morgan fingerprint density at radius 3 is 2.62 bits per heavy atom. The van der Waals surface area contributed by atoms with E-state index in [9.17, 15) is 9.59 Å². The highest BCUT2D eigenvalue weighted by Gasteiger charge is 2.14. The van der Waals surface area contributed by atoms with E-state index in [1.165, 1.54) is 6.21 Å². The molecule has 1 aromatic heterocycles. The highest BCUT2D eigenvalue weighted by atomic mass is 79.9. The summed E-state index contributed by atoms with van der Waals surface area (Å²) < 4.78 is 12.5. The van der Waals surface area contributed by atoms with E-state index < -0.39 is 5.91 Å². The van der Waals surface area contributed by atoms with Crippen molar-refractivity contribution in [3.63, 3.8) is 0 Å². The van der Waals surface area contributed by atoms with Crippen molar-refractivity contribution in [2.45, 2.75) is 13.3 Å². The Morgan fingerprint density at radius 2 is 1.82 bits per heavy atom. The molecule has 0 atom stereocenters. The Hall–Kier alpha value is -3.80. The maximum atomic E-state index is 12.5. The van der Waals surface area contributed by atoms with E-state index in [-0.39, 0.29) is 12.3 Å². The van der Waals surface area contributed by atoms with Crippen molar-refractivity contribution in [1.29, 1.82) is 0 Å². The molecule has 0 saturated carbocycles. The number of rotatable bonds is 11. The first-order valence-electron chi connectivity index (χ1n) is 11.7. The maximum absolute atomic E-state index is 12.5. The highest BCUT2D eigenvalue weighted by molar-refractivity contribution is 9.10. The van der Waals surface area contributed by atoms with Crippen LogP contribution in [-0.4, -0.2) is 41.4 Å². The Kier molecular flexibility index (Phi) is 10.0. The number of aromatic nitrogens is 2. The summed E-state index contributed by atoms with van der Waals surface area (Å²) in [6.07, 6.45) is 1.39. The molecular formula is C27H23BrClN5O4S. The number of hydrogen-bond acceptors (Lipinski definition) is 8. The first kappa shape index (κ1) is 28.2. The first-order valence-corrected chi connectivity index (χ1v) is 13.7. The van der Waals surface area contributed by atoms with E-state index in [4.69, 9.17) is 21.1 Å². The highest BCUT2D eigenvalue weighted by Crippen LogP contribution is 2.22. The lowest BCUT2D eigenvalue weighted by Crippen LogP contribution is -2.19. The lowest BCUT2D eigenvalue weighted by molar-refractivity contribution is -0.120. The minimum absolute atomic E-state index is 0.0540. The minimum atomic E-state index is -0.397. The number of anilines is 1. The fourth-order valence-electron chi connectivity index (χ4n) is 3.31. The number of halogens is 2. The van der Waals surface area contributed by atoms with Crippen molar-refractivity contribution in [3.8, 4) is 11.5 Å². The topological polar surface area (TPSA) is 115 Å². The first-order chi connectivity index (χ1) is 18.9. The van der Waals surface area contributed by atoms with Crippen LogP contribution in [0.2, 0.25) is 5.02 Å². The van der Waals surface area contributed by atoms with Crippen molar-refractivity contribution in [3.05, 3.63) is 97.9 Å². The van der Waals surface area contributed by atoms with Gasteiger partial charge in [-0.1, -0.05) is 57.1 Å². The molecule has 0 aliphatic heterocycles. The van der Waals surface area contributed by atoms with E-state index in [1.807, 2.05) is 43.3 Å². The second-order valence-electron chi connectivity index (χ2n) is 8.07. The lowest BCUT2D eigenvalue weighted by atomic mass is 10.1. The van der Waals surface area contributed by atoms with Gasteiger partial charge in [0.25, 0.3) is 5.91 Å². The van der Waals surface area contributed by atoms with Gasteiger partial charge in [-0.05, 0) is 61.0 Å². The zero-order valence-corrected chi connectivity index (χ0v) is 23.8. The van der Waals surface area contributed by atoms with Crippen LogP contribution in [0.5, 0.6) is 11.5 Å². The van der Waals surface area contributed by atoms with Gasteiger partial charge < -0.3 is 9.47 Å². The number of hydrazone groups is 1. The fourth-order valence-corrected chi connectivity index (χ4v) is 4.49. The standard InChI is InChI=1S/C27H23BrClN5O4S/c1-17-4-2-3-5-22(17)26(36)31-27-34-33-25(39-27)15-24(35)32-30-16-18-14-20(29)8-11-23(18)38-13-12-37-21-9-6-19(28)7-10-21/h2-11,14,16H,12-13,15H2,1H3,(H,32,35)(H,31,34,36)/b30-16-. The molecule has 0 radical (unpaired) electrons. The number of benzene rings is 3. The Balaban J connectivity index is 1.26. The predicted molar refractivity (Wildman–Crippen MR) is 155 cm³/mol. The van der Waals surface area contributed by atoms with E-state index >= 15 is 0 Å². The number of aryl methyl sites for hydroxylation is 1. The molecule has 4 aromatic rings. The van der Waals surface area contributed by atoms with Gasteiger partial charge in [0.1, 0.15) is 29.7 Å². The summed E-state index contributed by atoms with van der Waals surface area (Å²) in [6.45, 7) is 2.49. The second-order valence-corrected chi connectivity index (χ2v) is 10.5. The normalized spacial score (nSPS) is 10.8. The van der Waals surface area contributed by atoms with Crippen molar-refractivity contribution >= 4 is 62.0 Å². The number of hydrogen-bond donors (Lipinski definition) is 2. The summed E-state index contributed by atoms with van der Waals surface area (Å²) in [7, 11) is 0. The van der Waals surface area contributed by atoms with E-state index in [0.717, 1.165) is 27.1 Å². The van der Waals surface area contributed by atoms with Crippen LogP contribution < -0.4 is 20.2 Å². The van der Waals surface area contributed by atoms with Crippen LogP contribution >= 0.6 is 38.9 Å². The molecule has 1 heterocycles. The molecule has 0 aliphatic rings. The van der Waals surface area contributed by atoms with Crippen LogP contribution in [0.25, 0.3) is 0 Å².